The summed E-state index contributed by atoms with van der Waals surface area (Å²) in [4.78, 5) is 11.9. The number of unbranched alkanes of at least 4 members (excludes halogenated alkanes) is 16. The molecule has 6 heteroatoms. The van der Waals surface area contributed by atoms with E-state index in [0.29, 0.717) is 0 Å². The summed E-state index contributed by atoms with van der Waals surface area (Å²) < 4.78 is 6.08. The number of ether oxygens (including phenoxy) is 1. The third kappa shape index (κ3) is 16.2. The minimum Gasteiger partial charge on any atom is -0.390 e. The molecule has 1 amide bonds. The van der Waals surface area contributed by atoms with Crippen molar-refractivity contribution < 1.29 is 19.7 Å². The molecule has 1 fully saturated rings. The number of aliphatic hydroxyl groups is 2. The van der Waals surface area contributed by atoms with Crippen LogP contribution in [0.25, 0.3) is 0 Å². The highest BCUT2D eigenvalue weighted by molar-refractivity contribution is 7.08. The average molecular weight is 566 g/mol. The summed E-state index contributed by atoms with van der Waals surface area (Å²) in [5.74, 6) is 0.0393. The van der Waals surface area contributed by atoms with Gasteiger partial charge in [-0.1, -0.05) is 116 Å². The molecular formula is C33H59NO4S. The predicted molar refractivity (Wildman–Crippen MR) is 165 cm³/mol. The SMILES string of the molecule is CCCCCCCCCCCC[C@@H](O)[C@H]1CC[C@H]([C@H](O)CCCCCCCCCCNC(=O)c2ccsc2)O1. The highest BCUT2D eigenvalue weighted by Crippen LogP contribution is 2.28. The molecule has 1 aliphatic rings. The average Bonchev–Trinajstić information content (AvgIpc) is 3.66. The van der Waals surface area contributed by atoms with Gasteiger partial charge in [0, 0.05) is 17.5 Å². The topological polar surface area (TPSA) is 78.8 Å². The Morgan fingerprint density at radius 1 is 0.795 bits per heavy atom. The van der Waals surface area contributed by atoms with E-state index in [1.807, 2.05) is 16.8 Å². The van der Waals surface area contributed by atoms with Gasteiger partial charge in [0.1, 0.15) is 0 Å². The van der Waals surface area contributed by atoms with Gasteiger partial charge in [-0.15, -0.1) is 0 Å². The van der Waals surface area contributed by atoms with Gasteiger partial charge >= 0.3 is 0 Å². The minimum absolute atomic E-state index is 0.0393. The highest BCUT2D eigenvalue weighted by Gasteiger charge is 2.33. The first-order chi connectivity index (χ1) is 19.1. The minimum atomic E-state index is -0.399. The molecule has 0 aromatic carbocycles. The van der Waals surface area contributed by atoms with Crippen LogP contribution in [0.4, 0.5) is 0 Å². The highest BCUT2D eigenvalue weighted by atomic mass is 32.1. The second kappa shape index (κ2) is 22.7. The van der Waals surface area contributed by atoms with E-state index in [-0.39, 0.29) is 24.2 Å². The lowest BCUT2D eigenvalue weighted by Gasteiger charge is -2.22. The Balaban J connectivity index is 1.36. The van der Waals surface area contributed by atoms with Crippen LogP contribution in [0.3, 0.4) is 0 Å². The Morgan fingerprint density at radius 3 is 1.72 bits per heavy atom. The molecule has 0 unspecified atom stereocenters. The molecule has 1 aromatic rings. The van der Waals surface area contributed by atoms with Gasteiger partial charge < -0.3 is 20.3 Å². The molecule has 1 aromatic heterocycles. The molecule has 0 bridgehead atoms. The van der Waals surface area contributed by atoms with Gasteiger partial charge in [-0.05, 0) is 43.6 Å². The molecule has 1 saturated heterocycles. The number of thiophene rings is 1. The standard InChI is InChI=1S/C33H59NO4S/c1-2-3-4-5-6-7-8-11-14-17-20-29(35)31-22-23-32(38-31)30(36)21-18-15-12-9-10-13-16-19-25-34-33(37)28-24-26-39-27-28/h24,26-27,29-32,35-36H,2-23,25H2,1H3,(H,34,37)/t29-,30-,31-,32-/m1/s1. The molecule has 39 heavy (non-hydrogen) atoms. The van der Waals surface area contributed by atoms with E-state index in [1.165, 1.54) is 83.5 Å². The van der Waals surface area contributed by atoms with E-state index < -0.39 is 6.10 Å². The third-order valence-electron chi connectivity index (χ3n) is 8.29. The molecule has 0 radical (unpaired) electrons. The van der Waals surface area contributed by atoms with Crippen molar-refractivity contribution in [1.82, 2.24) is 5.32 Å². The third-order valence-corrected chi connectivity index (χ3v) is 8.98. The second-order valence-corrected chi connectivity index (χ2v) is 12.6. The molecule has 2 heterocycles. The van der Waals surface area contributed by atoms with Crippen LogP contribution >= 0.6 is 11.3 Å². The maximum absolute atomic E-state index is 11.9. The molecule has 1 aliphatic heterocycles. The zero-order valence-electron chi connectivity index (χ0n) is 24.9. The van der Waals surface area contributed by atoms with Crippen LogP contribution in [-0.4, -0.2) is 47.1 Å². The quantitative estimate of drug-likeness (QED) is 0.104. The van der Waals surface area contributed by atoms with Gasteiger partial charge in [0.2, 0.25) is 0 Å². The lowest BCUT2D eigenvalue weighted by molar-refractivity contribution is -0.0786. The Bertz CT molecular complexity index is 698. The molecule has 3 N–H and O–H groups in total. The first-order valence-corrected chi connectivity index (χ1v) is 17.4. The van der Waals surface area contributed by atoms with Crippen LogP contribution in [0.15, 0.2) is 16.8 Å². The summed E-state index contributed by atoms with van der Waals surface area (Å²) in [6, 6.07) is 1.86. The van der Waals surface area contributed by atoms with Gasteiger partial charge in [0.05, 0.1) is 24.4 Å². The monoisotopic (exact) mass is 565 g/mol. The first-order valence-electron chi connectivity index (χ1n) is 16.4. The molecule has 4 atom stereocenters. The van der Waals surface area contributed by atoms with Crippen molar-refractivity contribution in [3.8, 4) is 0 Å². The van der Waals surface area contributed by atoms with E-state index in [0.717, 1.165) is 69.9 Å². The van der Waals surface area contributed by atoms with Crippen molar-refractivity contribution >= 4 is 17.2 Å². The summed E-state index contributed by atoms with van der Waals surface area (Å²) in [5.41, 5.74) is 0.765. The lowest BCUT2D eigenvalue weighted by Crippen LogP contribution is -2.31. The number of aliphatic hydroxyl groups excluding tert-OH is 2. The number of carbonyl (C=O) groups is 1. The summed E-state index contributed by atoms with van der Waals surface area (Å²) >= 11 is 1.55. The normalized spacial score (nSPS) is 18.8. The van der Waals surface area contributed by atoms with E-state index in [9.17, 15) is 15.0 Å². The first kappa shape index (κ1) is 34.3. The smallest absolute Gasteiger partial charge is 0.252 e. The fraction of sp³-hybridized carbons (Fsp3) is 0.848. The lowest BCUT2D eigenvalue weighted by atomic mass is 10.00. The molecule has 5 nitrogen and oxygen atoms in total. The van der Waals surface area contributed by atoms with Crippen LogP contribution in [0.5, 0.6) is 0 Å². The van der Waals surface area contributed by atoms with Crippen LogP contribution < -0.4 is 5.32 Å². The predicted octanol–water partition coefficient (Wildman–Crippen LogP) is 8.57. The summed E-state index contributed by atoms with van der Waals surface area (Å²) in [6.07, 6.45) is 24.8. The second-order valence-electron chi connectivity index (χ2n) is 11.8. The van der Waals surface area contributed by atoms with Crippen molar-refractivity contribution in [3.63, 3.8) is 0 Å². The van der Waals surface area contributed by atoms with Crippen molar-refractivity contribution in [2.75, 3.05) is 6.54 Å². The number of carbonyl (C=O) groups excluding carboxylic acids is 1. The Kier molecular flexibility index (Phi) is 19.9. The number of nitrogens with one attached hydrogen (secondary N) is 1. The molecule has 0 aliphatic carbocycles. The van der Waals surface area contributed by atoms with Crippen LogP contribution in [0, 0.1) is 0 Å². The van der Waals surface area contributed by atoms with Gasteiger partial charge in [-0.25, -0.2) is 0 Å². The van der Waals surface area contributed by atoms with E-state index in [4.69, 9.17) is 4.74 Å². The van der Waals surface area contributed by atoms with Gasteiger partial charge in [-0.2, -0.15) is 11.3 Å². The molecule has 226 valence electrons. The number of hydrogen-bond donors (Lipinski definition) is 3. The summed E-state index contributed by atoms with van der Waals surface area (Å²) in [6.45, 7) is 3.02. The molecule has 0 saturated carbocycles. The van der Waals surface area contributed by atoms with Crippen molar-refractivity contribution in [1.29, 1.82) is 0 Å². The number of hydrogen-bond acceptors (Lipinski definition) is 5. The van der Waals surface area contributed by atoms with Gasteiger partial charge in [0.15, 0.2) is 0 Å². The largest absolute Gasteiger partial charge is 0.390 e. The fourth-order valence-electron chi connectivity index (χ4n) is 5.70. The Hall–Kier alpha value is -0.950. The molecular weight excluding hydrogens is 506 g/mol. The van der Waals surface area contributed by atoms with Crippen molar-refractivity contribution in [3.05, 3.63) is 22.4 Å². The number of rotatable bonds is 25. The Morgan fingerprint density at radius 2 is 1.26 bits per heavy atom. The fourth-order valence-corrected chi connectivity index (χ4v) is 6.34. The number of amides is 1. The van der Waals surface area contributed by atoms with Gasteiger partial charge in [-0.3, -0.25) is 4.79 Å². The van der Waals surface area contributed by atoms with Crippen molar-refractivity contribution in [2.24, 2.45) is 0 Å². The van der Waals surface area contributed by atoms with Crippen LogP contribution in [0.1, 0.15) is 159 Å². The maximum atomic E-state index is 11.9. The Labute approximate surface area is 243 Å². The van der Waals surface area contributed by atoms with Gasteiger partial charge in [0.25, 0.3) is 5.91 Å². The van der Waals surface area contributed by atoms with E-state index in [1.54, 1.807) is 11.3 Å². The van der Waals surface area contributed by atoms with Crippen LogP contribution in [-0.2, 0) is 4.74 Å². The zero-order valence-corrected chi connectivity index (χ0v) is 25.7. The van der Waals surface area contributed by atoms with Crippen LogP contribution in [0.2, 0.25) is 0 Å². The molecule has 2 rings (SSSR count). The molecule has 0 spiro atoms. The zero-order chi connectivity index (χ0) is 28.0. The van der Waals surface area contributed by atoms with E-state index in [2.05, 4.69) is 12.2 Å². The maximum Gasteiger partial charge on any atom is 0.252 e. The van der Waals surface area contributed by atoms with Crippen molar-refractivity contribution in [2.45, 2.75) is 173 Å². The van der Waals surface area contributed by atoms with E-state index >= 15 is 0 Å². The summed E-state index contributed by atoms with van der Waals surface area (Å²) in [5, 5.41) is 28.0. The summed E-state index contributed by atoms with van der Waals surface area (Å²) in [7, 11) is 0.